The lowest BCUT2D eigenvalue weighted by Gasteiger charge is -2.06. The molecule has 0 atom stereocenters. The lowest BCUT2D eigenvalue weighted by Crippen LogP contribution is -2.06. The monoisotopic (exact) mass is 352 g/mol. The van der Waals surface area contributed by atoms with Crippen LogP contribution >= 0.6 is 11.8 Å². The summed E-state index contributed by atoms with van der Waals surface area (Å²) in [6, 6.07) is 15.1. The van der Waals surface area contributed by atoms with Crippen LogP contribution in [0.4, 0.5) is 4.39 Å². The van der Waals surface area contributed by atoms with E-state index in [1.54, 1.807) is 13.0 Å². The second-order valence-electron chi connectivity index (χ2n) is 5.57. The van der Waals surface area contributed by atoms with Gasteiger partial charge in [0.05, 0.1) is 5.39 Å². The first-order valence-corrected chi connectivity index (χ1v) is 8.96. The number of benzene rings is 2. The molecule has 0 unspecified atom stereocenters. The smallest absolute Gasteiger partial charge is 0.196 e. The van der Waals surface area contributed by atoms with E-state index in [9.17, 15) is 9.18 Å². The molecule has 0 saturated heterocycles. The quantitative estimate of drug-likeness (QED) is 0.483. The SMILES string of the molecule is Cc1c(SCc2ccc(C#CCCF)cc2)oc2ccccc2c1=O. The van der Waals surface area contributed by atoms with Crippen molar-refractivity contribution in [3.8, 4) is 11.8 Å². The predicted octanol–water partition coefficient (Wildman–Crippen LogP) is 5.10. The topological polar surface area (TPSA) is 30.2 Å². The molecule has 0 aliphatic rings. The minimum absolute atomic E-state index is 0.0165. The largest absolute Gasteiger partial charge is 0.449 e. The molecule has 2 nitrogen and oxygen atoms in total. The van der Waals surface area contributed by atoms with Crippen molar-refractivity contribution in [2.75, 3.05) is 6.67 Å². The highest BCUT2D eigenvalue weighted by molar-refractivity contribution is 7.98. The molecule has 126 valence electrons. The Labute approximate surface area is 150 Å². The van der Waals surface area contributed by atoms with Crippen LogP contribution in [0.15, 0.2) is 62.8 Å². The molecule has 25 heavy (non-hydrogen) atoms. The summed E-state index contributed by atoms with van der Waals surface area (Å²) in [7, 11) is 0. The normalized spacial score (nSPS) is 10.5. The fourth-order valence-corrected chi connectivity index (χ4v) is 3.35. The average Bonchev–Trinajstić information content (AvgIpc) is 2.65. The van der Waals surface area contributed by atoms with Gasteiger partial charge in [-0.2, -0.15) is 0 Å². The van der Waals surface area contributed by atoms with Gasteiger partial charge in [-0.05, 0) is 36.8 Å². The van der Waals surface area contributed by atoms with Crippen molar-refractivity contribution in [3.63, 3.8) is 0 Å². The number of thioether (sulfide) groups is 1. The Hall–Kier alpha value is -2.51. The second-order valence-corrected chi connectivity index (χ2v) is 6.51. The molecule has 0 N–H and O–H groups in total. The standard InChI is InChI=1S/C21H17FO2S/c1-15-20(23)18-7-2-3-8-19(18)24-21(15)25-14-17-11-9-16(10-12-17)6-4-5-13-22/h2-3,7-12H,5,13-14H2,1H3. The van der Waals surface area contributed by atoms with E-state index < -0.39 is 6.67 Å². The van der Waals surface area contributed by atoms with Crippen LogP contribution in [0.3, 0.4) is 0 Å². The molecule has 0 saturated carbocycles. The third-order valence-electron chi connectivity index (χ3n) is 3.76. The summed E-state index contributed by atoms with van der Waals surface area (Å²) in [4.78, 5) is 12.4. The van der Waals surface area contributed by atoms with Crippen molar-refractivity contribution >= 4 is 22.7 Å². The number of rotatable bonds is 4. The third-order valence-corrected chi connectivity index (χ3v) is 4.89. The van der Waals surface area contributed by atoms with Gasteiger partial charge in [0.25, 0.3) is 0 Å². The molecule has 1 aromatic heterocycles. The molecular weight excluding hydrogens is 335 g/mol. The van der Waals surface area contributed by atoms with Crippen LogP contribution < -0.4 is 5.43 Å². The molecule has 2 aromatic carbocycles. The molecule has 0 spiro atoms. The highest BCUT2D eigenvalue weighted by atomic mass is 32.2. The molecule has 0 aliphatic carbocycles. The summed E-state index contributed by atoms with van der Waals surface area (Å²) in [5.74, 6) is 6.40. The predicted molar refractivity (Wildman–Crippen MR) is 101 cm³/mol. The van der Waals surface area contributed by atoms with Gasteiger partial charge in [0.15, 0.2) is 10.5 Å². The Bertz CT molecular complexity index is 994. The zero-order chi connectivity index (χ0) is 17.6. The van der Waals surface area contributed by atoms with E-state index >= 15 is 0 Å². The van der Waals surface area contributed by atoms with Gasteiger partial charge in [0, 0.05) is 23.3 Å². The van der Waals surface area contributed by atoms with Gasteiger partial charge in [-0.3, -0.25) is 9.18 Å². The molecule has 3 rings (SSSR count). The van der Waals surface area contributed by atoms with Crippen molar-refractivity contribution in [2.45, 2.75) is 24.2 Å². The summed E-state index contributed by atoms with van der Waals surface area (Å²) in [5, 5.41) is 1.26. The number of alkyl halides is 1. The third kappa shape index (κ3) is 4.12. The average molecular weight is 352 g/mol. The zero-order valence-electron chi connectivity index (χ0n) is 13.8. The van der Waals surface area contributed by atoms with Gasteiger partial charge < -0.3 is 4.42 Å². The number of halogens is 1. The van der Waals surface area contributed by atoms with E-state index in [4.69, 9.17) is 4.42 Å². The van der Waals surface area contributed by atoms with Crippen molar-refractivity contribution in [1.82, 2.24) is 0 Å². The van der Waals surface area contributed by atoms with Gasteiger partial charge in [-0.25, -0.2) is 0 Å². The molecule has 0 fully saturated rings. The van der Waals surface area contributed by atoms with Crippen LogP contribution in [-0.2, 0) is 5.75 Å². The van der Waals surface area contributed by atoms with E-state index in [0.29, 0.717) is 27.4 Å². The number of hydrogen-bond donors (Lipinski definition) is 0. The van der Waals surface area contributed by atoms with Gasteiger partial charge in [0.1, 0.15) is 12.3 Å². The van der Waals surface area contributed by atoms with E-state index in [1.807, 2.05) is 42.5 Å². The first-order chi connectivity index (χ1) is 12.2. The molecule has 0 bridgehead atoms. The highest BCUT2D eigenvalue weighted by Gasteiger charge is 2.11. The van der Waals surface area contributed by atoms with Gasteiger partial charge in [-0.1, -0.05) is 47.9 Å². The Balaban J connectivity index is 1.76. The second kappa shape index (κ2) is 8.04. The van der Waals surface area contributed by atoms with E-state index in [2.05, 4.69) is 11.8 Å². The van der Waals surface area contributed by atoms with Gasteiger partial charge >= 0.3 is 0 Å². The van der Waals surface area contributed by atoms with Crippen LogP contribution in [0.5, 0.6) is 0 Å². The van der Waals surface area contributed by atoms with Gasteiger partial charge in [-0.15, -0.1) is 0 Å². The Morgan fingerprint density at radius 3 is 2.64 bits per heavy atom. The lowest BCUT2D eigenvalue weighted by atomic mass is 10.1. The minimum atomic E-state index is -0.419. The van der Waals surface area contributed by atoms with Crippen LogP contribution in [0.25, 0.3) is 11.0 Å². The summed E-state index contributed by atoms with van der Waals surface area (Å²) in [6.45, 7) is 1.38. The molecular formula is C21H17FO2S. The number of para-hydroxylation sites is 1. The maximum absolute atomic E-state index is 12.4. The molecule has 0 aliphatic heterocycles. The fourth-order valence-electron chi connectivity index (χ4n) is 2.40. The molecule has 4 heteroatoms. The summed E-state index contributed by atoms with van der Waals surface area (Å²) in [5.41, 5.74) is 3.24. The van der Waals surface area contributed by atoms with Crippen molar-refractivity contribution < 1.29 is 8.81 Å². The van der Waals surface area contributed by atoms with Crippen LogP contribution in [0.2, 0.25) is 0 Å². The molecule has 0 amide bonds. The maximum Gasteiger partial charge on any atom is 0.196 e. The van der Waals surface area contributed by atoms with Crippen molar-refractivity contribution in [1.29, 1.82) is 0 Å². The van der Waals surface area contributed by atoms with Crippen molar-refractivity contribution in [3.05, 3.63) is 75.4 Å². The van der Waals surface area contributed by atoms with Crippen LogP contribution in [0.1, 0.15) is 23.1 Å². The van der Waals surface area contributed by atoms with Crippen LogP contribution in [-0.4, -0.2) is 6.67 Å². The maximum atomic E-state index is 12.4. The summed E-state index contributed by atoms with van der Waals surface area (Å²) < 4.78 is 17.9. The van der Waals surface area contributed by atoms with Gasteiger partial charge in [0.2, 0.25) is 0 Å². The molecule has 0 radical (unpaired) electrons. The number of hydrogen-bond acceptors (Lipinski definition) is 3. The fraction of sp³-hybridized carbons (Fsp3) is 0.190. The summed E-state index contributed by atoms with van der Waals surface area (Å²) >= 11 is 1.50. The van der Waals surface area contributed by atoms with E-state index in [0.717, 1.165) is 11.1 Å². The van der Waals surface area contributed by atoms with Crippen LogP contribution in [0, 0.1) is 18.8 Å². The van der Waals surface area contributed by atoms with E-state index in [-0.39, 0.29) is 11.8 Å². The molecule has 1 heterocycles. The summed E-state index contributed by atoms with van der Waals surface area (Å²) in [6.07, 6.45) is 0.262. The highest BCUT2D eigenvalue weighted by Crippen LogP contribution is 2.27. The Kier molecular flexibility index (Phi) is 5.57. The number of fused-ring (bicyclic) bond motifs is 1. The first kappa shape index (κ1) is 17.3. The first-order valence-electron chi connectivity index (χ1n) is 7.98. The Morgan fingerprint density at radius 2 is 1.88 bits per heavy atom. The van der Waals surface area contributed by atoms with Crippen molar-refractivity contribution in [2.24, 2.45) is 0 Å². The zero-order valence-corrected chi connectivity index (χ0v) is 14.7. The minimum Gasteiger partial charge on any atom is -0.449 e. The molecule has 3 aromatic rings. The lowest BCUT2D eigenvalue weighted by molar-refractivity contribution is 0.492. The Morgan fingerprint density at radius 1 is 1.12 bits per heavy atom. The van der Waals surface area contributed by atoms with E-state index in [1.165, 1.54) is 11.8 Å².